The van der Waals surface area contributed by atoms with Crippen molar-refractivity contribution in [3.63, 3.8) is 0 Å². The standard InChI is InChI=1S/C18H32O2/c1-6-10-12-14-18(5,15-13-11-7-2)16(8-3)20-17(19)9-4/h8-9,16H,3-4,6-7,10-15H2,1-2,5H3. The summed E-state index contributed by atoms with van der Waals surface area (Å²) >= 11 is 0. The van der Waals surface area contributed by atoms with Crippen LogP contribution in [0.5, 0.6) is 0 Å². The SMILES string of the molecule is C=CC(=O)OC(C=C)C(C)(CCCCC)CCCCC. The summed E-state index contributed by atoms with van der Waals surface area (Å²) in [4.78, 5) is 11.5. The molecule has 0 bridgehead atoms. The van der Waals surface area contributed by atoms with Gasteiger partial charge in [0.05, 0.1) is 0 Å². The van der Waals surface area contributed by atoms with E-state index >= 15 is 0 Å². The van der Waals surface area contributed by atoms with Gasteiger partial charge in [0, 0.05) is 11.5 Å². The first kappa shape index (κ1) is 18.9. The van der Waals surface area contributed by atoms with Crippen molar-refractivity contribution in [2.24, 2.45) is 5.41 Å². The number of carbonyl (C=O) groups is 1. The maximum atomic E-state index is 11.5. The minimum Gasteiger partial charge on any atom is -0.454 e. The zero-order valence-electron chi connectivity index (χ0n) is 13.6. The van der Waals surface area contributed by atoms with Crippen LogP contribution < -0.4 is 0 Å². The van der Waals surface area contributed by atoms with Gasteiger partial charge in [-0.25, -0.2) is 4.79 Å². The molecule has 0 aromatic rings. The molecule has 0 saturated heterocycles. The number of rotatable bonds is 12. The fourth-order valence-electron chi connectivity index (χ4n) is 2.62. The van der Waals surface area contributed by atoms with Crippen LogP contribution in [0.25, 0.3) is 0 Å². The highest BCUT2D eigenvalue weighted by Crippen LogP contribution is 2.37. The van der Waals surface area contributed by atoms with Crippen LogP contribution in [0, 0.1) is 5.41 Å². The first-order valence-corrected chi connectivity index (χ1v) is 7.99. The second-order valence-electron chi connectivity index (χ2n) is 5.87. The van der Waals surface area contributed by atoms with E-state index in [-0.39, 0.29) is 17.5 Å². The molecule has 0 spiro atoms. The molecule has 2 nitrogen and oxygen atoms in total. The Morgan fingerprint density at radius 3 is 1.95 bits per heavy atom. The molecule has 0 aliphatic carbocycles. The third-order valence-electron chi connectivity index (χ3n) is 4.01. The largest absolute Gasteiger partial charge is 0.454 e. The Balaban J connectivity index is 4.77. The van der Waals surface area contributed by atoms with Crippen LogP contribution in [0.1, 0.15) is 72.1 Å². The Bertz CT molecular complexity index is 284. The highest BCUT2D eigenvalue weighted by atomic mass is 16.5. The van der Waals surface area contributed by atoms with E-state index in [1.807, 2.05) is 0 Å². The van der Waals surface area contributed by atoms with Gasteiger partial charge < -0.3 is 4.74 Å². The van der Waals surface area contributed by atoms with Gasteiger partial charge in [-0.1, -0.05) is 78.5 Å². The van der Waals surface area contributed by atoms with Gasteiger partial charge in [-0.3, -0.25) is 0 Å². The Labute approximate surface area is 125 Å². The smallest absolute Gasteiger partial charge is 0.330 e. The van der Waals surface area contributed by atoms with Crippen molar-refractivity contribution in [1.82, 2.24) is 0 Å². The Morgan fingerprint density at radius 2 is 1.60 bits per heavy atom. The molecule has 0 aromatic heterocycles. The predicted octanol–water partition coefficient (Wildman–Crippen LogP) is 5.44. The normalized spacial score (nSPS) is 12.8. The molecule has 2 heteroatoms. The molecule has 0 aliphatic heterocycles. The second-order valence-corrected chi connectivity index (χ2v) is 5.87. The Hall–Kier alpha value is -1.05. The van der Waals surface area contributed by atoms with Crippen LogP contribution >= 0.6 is 0 Å². The summed E-state index contributed by atoms with van der Waals surface area (Å²) in [5.74, 6) is -0.355. The second kappa shape index (κ2) is 10.7. The summed E-state index contributed by atoms with van der Waals surface area (Å²) in [5.41, 5.74) is -0.00917. The van der Waals surface area contributed by atoms with E-state index in [4.69, 9.17) is 4.74 Å². The summed E-state index contributed by atoms with van der Waals surface area (Å²) < 4.78 is 5.50. The van der Waals surface area contributed by atoms with Crippen LogP contribution in [0.4, 0.5) is 0 Å². The number of esters is 1. The molecule has 116 valence electrons. The highest BCUT2D eigenvalue weighted by Gasteiger charge is 2.33. The van der Waals surface area contributed by atoms with Gasteiger partial charge in [-0.2, -0.15) is 0 Å². The predicted molar refractivity (Wildman–Crippen MR) is 86.7 cm³/mol. The summed E-state index contributed by atoms with van der Waals surface area (Å²) in [6.45, 7) is 14.0. The molecule has 20 heavy (non-hydrogen) atoms. The molecule has 0 N–H and O–H groups in total. The lowest BCUT2D eigenvalue weighted by atomic mass is 9.75. The number of hydrogen-bond donors (Lipinski definition) is 0. The van der Waals surface area contributed by atoms with Crippen LogP contribution in [-0.2, 0) is 9.53 Å². The maximum Gasteiger partial charge on any atom is 0.330 e. The topological polar surface area (TPSA) is 26.3 Å². The van der Waals surface area contributed by atoms with E-state index < -0.39 is 0 Å². The molecule has 0 aliphatic rings. The lowest BCUT2D eigenvalue weighted by Crippen LogP contribution is -2.34. The fourth-order valence-corrected chi connectivity index (χ4v) is 2.62. The summed E-state index contributed by atoms with van der Waals surface area (Å²) in [6.07, 6.45) is 12.1. The molecule has 1 atom stereocenters. The van der Waals surface area contributed by atoms with E-state index in [1.165, 1.54) is 44.6 Å². The van der Waals surface area contributed by atoms with Crippen molar-refractivity contribution >= 4 is 5.97 Å². The minimum atomic E-state index is -0.355. The molecule has 0 heterocycles. The van der Waals surface area contributed by atoms with E-state index in [9.17, 15) is 4.79 Å². The van der Waals surface area contributed by atoms with E-state index in [0.29, 0.717) is 0 Å². The average molecular weight is 280 g/mol. The zero-order valence-corrected chi connectivity index (χ0v) is 13.6. The van der Waals surface area contributed by atoms with Gasteiger partial charge in [-0.15, -0.1) is 0 Å². The monoisotopic (exact) mass is 280 g/mol. The molecule has 0 amide bonds. The van der Waals surface area contributed by atoms with Crippen LogP contribution in [0.3, 0.4) is 0 Å². The third-order valence-corrected chi connectivity index (χ3v) is 4.01. The lowest BCUT2D eigenvalue weighted by molar-refractivity contribution is -0.146. The Morgan fingerprint density at radius 1 is 1.10 bits per heavy atom. The minimum absolute atomic E-state index is 0.00917. The van der Waals surface area contributed by atoms with E-state index in [1.54, 1.807) is 6.08 Å². The van der Waals surface area contributed by atoms with Crippen molar-refractivity contribution < 1.29 is 9.53 Å². The molecular weight excluding hydrogens is 248 g/mol. The maximum absolute atomic E-state index is 11.5. The van der Waals surface area contributed by atoms with E-state index in [0.717, 1.165) is 12.8 Å². The molecule has 0 saturated carbocycles. The van der Waals surface area contributed by atoms with Crippen LogP contribution in [-0.4, -0.2) is 12.1 Å². The molecule has 0 radical (unpaired) electrons. The number of ether oxygens (including phenoxy) is 1. The van der Waals surface area contributed by atoms with Gasteiger partial charge in [0.2, 0.25) is 0 Å². The van der Waals surface area contributed by atoms with Crippen LogP contribution in [0.15, 0.2) is 25.3 Å². The molecule has 0 fully saturated rings. The summed E-state index contributed by atoms with van der Waals surface area (Å²) in [6, 6.07) is 0. The van der Waals surface area contributed by atoms with Gasteiger partial charge in [-0.05, 0) is 12.8 Å². The first-order chi connectivity index (χ1) is 9.53. The number of carbonyl (C=O) groups excluding carboxylic acids is 1. The number of unbranched alkanes of at least 4 members (excludes halogenated alkanes) is 4. The highest BCUT2D eigenvalue weighted by molar-refractivity contribution is 5.81. The van der Waals surface area contributed by atoms with E-state index in [2.05, 4.69) is 33.9 Å². The summed E-state index contributed by atoms with van der Waals surface area (Å²) in [5, 5.41) is 0. The van der Waals surface area contributed by atoms with Gasteiger partial charge in [0.15, 0.2) is 0 Å². The molecule has 0 rings (SSSR count). The van der Waals surface area contributed by atoms with Crippen molar-refractivity contribution in [3.8, 4) is 0 Å². The Kier molecular flexibility index (Phi) is 10.1. The number of hydrogen-bond acceptors (Lipinski definition) is 2. The fraction of sp³-hybridized carbons (Fsp3) is 0.722. The molecule has 1 unspecified atom stereocenters. The summed E-state index contributed by atoms with van der Waals surface area (Å²) in [7, 11) is 0. The van der Waals surface area contributed by atoms with Gasteiger partial charge >= 0.3 is 5.97 Å². The van der Waals surface area contributed by atoms with Crippen molar-refractivity contribution in [2.75, 3.05) is 0 Å². The quantitative estimate of drug-likeness (QED) is 0.206. The van der Waals surface area contributed by atoms with Crippen molar-refractivity contribution in [1.29, 1.82) is 0 Å². The van der Waals surface area contributed by atoms with Crippen molar-refractivity contribution in [3.05, 3.63) is 25.3 Å². The third kappa shape index (κ3) is 6.93. The van der Waals surface area contributed by atoms with Gasteiger partial charge in [0.25, 0.3) is 0 Å². The first-order valence-electron chi connectivity index (χ1n) is 7.99. The lowest BCUT2D eigenvalue weighted by Gasteiger charge is -2.35. The van der Waals surface area contributed by atoms with Crippen LogP contribution in [0.2, 0.25) is 0 Å². The molecule has 0 aromatic carbocycles. The molecular formula is C18H32O2. The zero-order chi connectivity index (χ0) is 15.4. The average Bonchev–Trinajstić information content (AvgIpc) is 2.44. The van der Waals surface area contributed by atoms with Crippen molar-refractivity contribution in [2.45, 2.75) is 78.2 Å². The van der Waals surface area contributed by atoms with Gasteiger partial charge in [0.1, 0.15) is 6.10 Å².